The molecular weight excluding hydrogens is 338 g/mol. The molecule has 1 N–H and O–H groups in total. The van der Waals surface area contributed by atoms with E-state index >= 15 is 0 Å². The number of aromatic nitrogens is 1. The summed E-state index contributed by atoms with van der Waals surface area (Å²) in [5.41, 5.74) is 3.57. The smallest absolute Gasteiger partial charge is 0.186 e. The maximum atomic E-state index is 4.85. The van der Waals surface area contributed by atoms with Crippen LogP contribution in [0.25, 0.3) is 17.3 Å². The Bertz CT molecular complexity index is 834. The molecule has 1 aliphatic heterocycles. The number of hydrogen-bond acceptors (Lipinski definition) is 3. The first-order valence-corrected chi connectivity index (χ1v) is 10.1. The van der Waals surface area contributed by atoms with Crippen molar-refractivity contribution in [3.05, 3.63) is 77.7 Å². The average molecular weight is 363 g/mol. The molecule has 4 heteroatoms. The molecule has 26 heavy (non-hydrogen) atoms. The summed E-state index contributed by atoms with van der Waals surface area (Å²) in [5, 5.41) is 3.33. The van der Waals surface area contributed by atoms with Crippen LogP contribution in [0.4, 0.5) is 5.13 Å². The molecule has 3 nitrogen and oxygen atoms in total. The quantitative estimate of drug-likeness (QED) is 0.752. The monoisotopic (exact) mass is 362 g/mol. The Kier molecular flexibility index (Phi) is 5.43. The van der Waals surface area contributed by atoms with Crippen molar-refractivity contribution in [1.82, 2.24) is 4.98 Å². The van der Waals surface area contributed by atoms with Gasteiger partial charge in [0.1, 0.15) is 0 Å². The van der Waals surface area contributed by atoms with Gasteiger partial charge in [-0.3, -0.25) is 0 Å². The fourth-order valence-corrected chi connectivity index (χ4v) is 4.18. The fraction of sp³-hybridized carbons (Fsp3) is 0.227. The van der Waals surface area contributed by atoms with E-state index in [1.54, 1.807) is 16.2 Å². The van der Waals surface area contributed by atoms with Crippen molar-refractivity contribution in [3.63, 3.8) is 0 Å². The zero-order chi connectivity index (χ0) is 17.6. The second kappa shape index (κ2) is 8.30. The normalized spacial score (nSPS) is 15.6. The first kappa shape index (κ1) is 17.0. The van der Waals surface area contributed by atoms with E-state index < -0.39 is 0 Å². The molecule has 1 saturated heterocycles. The molecule has 1 fully saturated rings. The van der Waals surface area contributed by atoms with Gasteiger partial charge in [0, 0.05) is 10.9 Å². The van der Waals surface area contributed by atoms with E-state index in [2.05, 4.69) is 77.0 Å². The molecule has 2 aromatic carbocycles. The summed E-state index contributed by atoms with van der Waals surface area (Å²) in [5.74, 6) is 0. The maximum absolute atomic E-state index is 4.85. The van der Waals surface area contributed by atoms with Crippen LogP contribution < -0.4 is 9.80 Å². The molecule has 0 bridgehead atoms. The largest absolute Gasteiger partial charge is 0.337 e. The third kappa shape index (κ3) is 4.21. The van der Waals surface area contributed by atoms with Gasteiger partial charge in [0.2, 0.25) is 0 Å². The molecule has 3 aromatic rings. The molecule has 132 valence electrons. The van der Waals surface area contributed by atoms with Crippen molar-refractivity contribution >= 4 is 22.5 Å². The van der Waals surface area contributed by atoms with Crippen LogP contribution in [0.3, 0.4) is 0 Å². The zero-order valence-electron chi connectivity index (χ0n) is 14.8. The number of quaternary nitrogens is 1. The highest BCUT2D eigenvalue weighted by Crippen LogP contribution is 2.27. The van der Waals surface area contributed by atoms with Gasteiger partial charge in [-0.05, 0) is 11.6 Å². The van der Waals surface area contributed by atoms with Gasteiger partial charge in [0.15, 0.2) is 5.13 Å². The summed E-state index contributed by atoms with van der Waals surface area (Å²) < 4.78 is 0. The van der Waals surface area contributed by atoms with E-state index in [0.717, 1.165) is 30.5 Å². The summed E-state index contributed by atoms with van der Waals surface area (Å²) >= 11 is 1.76. The number of hydrogen-bond donors (Lipinski definition) is 1. The van der Waals surface area contributed by atoms with E-state index in [-0.39, 0.29) is 0 Å². The highest BCUT2D eigenvalue weighted by atomic mass is 32.1. The van der Waals surface area contributed by atoms with Crippen LogP contribution in [-0.4, -0.2) is 37.7 Å². The second-order valence-corrected chi connectivity index (χ2v) is 7.47. The fourth-order valence-electron chi connectivity index (χ4n) is 3.30. The lowest BCUT2D eigenvalue weighted by Gasteiger charge is -2.31. The van der Waals surface area contributed by atoms with Gasteiger partial charge in [-0.15, -0.1) is 11.3 Å². The lowest BCUT2D eigenvalue weighted by molar-refractivity contribution is -0.894. The standard InChI is InChI=1S/C22H23N3S/c1-3-8-19(9-4-1)10-7-13-24-14-16-25(17-15-24)22-23-21(18-26-22)20-11-5-2-6-12-20/h1-12,18H,13-17H2/p+1/b10-7+. The van der Waals surface area contributed by atoms with Crippen molar-refractivity contribution in [1.29, 1.82) is 0 Å². The second-order valence-electron chi connectivity index (χ2n) is 6.64. The molecule has 0 amide bonds. The first-order chi connectivity index (χ1) is 12.9. The number of nitrogens with zero attached hydrogens (tertiary/aromatic N) is 2. The van der Waals surface area contributed by atoms with Crippen molar-refractivity contribution in [3.8, 4) is 11.3 Å². The third-order valence-electron chi connectivity index (χ3n) is 4.82. The number of thiazole rings is 1. The van der Waals surface area contributed by atoms with Gasteiger partial charge < -0.3 is 9.80 Å². The van der Waals surface area contributed by atoms with Crippen molar-refractivity contribution in [2.24, 2.45) is 0 Å². The van der Waals surface area contributed by atoms with E-state index in [1.807, 2.05) is 6.07 Å². The number of nitrogens with one attached hydrogen (secondary N) is 1. The molecular formula is C22H24N3S+. The van der Waals surface area contributed by atoms with E-state index in [9.17, 15) is 0 Å². The molecule has 4 rings (SSSR count). The van der Waals surface area contributed by atoms with Gasteiger partial charge in [-0.1, -0.05) is 66.7 Å². The summed E-state index contributed by atoms with van der Waals surface area (Å²) in [4.78, 5) is 8.93. The minimum atomic E-state index is 1.08. The van der Waals surface area contributed by atoms with Crippen LogP contribution in [0.15, 0.2) is 72.1 Å². The zero-order valence-corrected chi connectivity index (χ0v) is 15.7. The van der Waals surface area contributed by atoms with Crippen LogP contribution in [0.2, 0.25) is 0 Å². The average Bonchev–Trinajstić information content (AvgIpc) is 3.20. The highest BCUT2D eigenvalue weighted by molar-refractivity contribution is 7.14. The van der Waals surface area contributed by atoms with E-state index in [1.165, 1.54) is 24.2 Å². The lowest BCUT2D eigenvalue weighted by Crippen LogP contribution is -3.14. The molecule has 0 saturated carbocycles. The molecule has 1 aromatic heterocycles. The molecule has 2 heterocycles. The van der Waals surface area contributed by atoms with Crippen molar-refractivity contribution in [2.75, 3.05) is 37.6 Å². The predicted octanol–water partition coefficient (Wildman–Crippen LogP) is 3.23. The maximum Gasteiger partial charge on any atom is 0.186 e. The minimum absolute atomic E-state index is 1.08. The van der Waals surface area contributed by atoms with Crippen molar-refractivity contribution < 1.29 is 4.90 Å². The predicted molar refractivity (Wildman–Crippen MR) is 111 cm³/mol. The topological polar surface area (TPSA) is 20.6 Å². The Hall–Kier alpha value is -2.43. The lowest BCUT2D eigenvalue weighted by atomic mass is 10.2. The van der Waals surface area contributed by atoms with Gasteiger partial charge in [0.25, 0.3) is 0 Å². The van der Waals surface area contributed by atoms with Crippen molar-refractivity contribution in [2.45, 2.75) is 0 Å². The van der Waals surface area contributed by atoms with Crippen LogP contribution in [0.5, 0.6) is 0 Å². The Balaban J connectivity index is 1.30. The first-order valence-electron chi connectivity index (χ1n) is 9.19. The van der Waals surface area contributed by atoms with Crippen LogP contribution >= 0.6 is 11.3 Å². The van der Waals surface area contributed by atoms with E-state index in [0.29, 0.717) is 0 Å². The SMILES string of the molecule is C(=C\c1ccccc1)/C[NH+]1CCN(c2nc(-c3ccccc3)cs2)CC1. The summed E-state index contributed by atoms with van der Waals surface area (Å²) in [6.07, 6.45) is 4.53. The number of piperazine rings is 1. The van der Waals surface area contributed by atoms with Gasteiger partial charge >= 0.3 is 0 Å². The minimum Gasteiger partial charge on any atom is -0.337 e. The summed E-state index contributed by atoms with van der Waals surface area (Å²) in [6.45, 7) is 5.58. The summed E-state index contributed by atoms with van der Waals surface area (Å²) in [7, 11) is 0. The molecule has 0 aliphatic carbocycles. The molecule has 1 aliphatic rings. The summed E-state index contributed by atoms with van der Waals surface area (Å²) in [6, 6.07) is 21.0. The number of anilines is 1. The molecule has 0 unspecified atom stereocenters. The van der Waals surface area contributed by atoms with Crippen LogP contribution in [0, 0.1) is 0 Å². The van der Waals surface area contributed by atoms with E-state index in [4.69, 9.17) is 4.98 Å². The van der Waals surface area contributed by atoms with Crippen LogP contribution in [-0.2, 0) is 0 Å². The van der Waals surface area contributed by atoms with Gasteiger partial charge in [-0.25, -0.2) is 4.98 Å². The van der Waals surface area contributed by atoms with Crippen LogP contribution in [0.1, 0.15) is 5.56 Å². The third-order valence-corrected chi connectivity index (χ3v) is 5.72. The molecule has 0 spiro atoms. The Morgan fingerprint density at radius 1 is 0.962 bits per heavy atom. The number of rotatable bonds is 5. The van der Waals surface area contributed by atoms with Gasteiger partial charge in [-0.2, -0.15) is 0 Å². The number of benzene rings is 2. The van der Waals surface area contributed by atoms with Gasteiger partial charge in [0.05, 0.1) is 38.4 Å². The Morgan fingerprint density at radius 3 is 2.38 bits per heavy atom. The Labute approximate surface area is 159 Å². The molecule has 0 radical (unpaired) electrons. The highest BCUT2D eigenvalue weighted by Gasteiger charge is 2.21. The molecule has 0 atom stereocenters. The Morgan fingerprint density at radius 2 is 1.65 bits per heavy atom.